The van der Waals surface area contributed by atoms with Crippen LogP contribution in [0.1, 0.15) is 39.6 Å². The first kappa shape index (κ1) is 12.9. The van der Waals surface area contributed by atoms with Crippen molar-refractivity contribution in [2.24, 2.45) is 0 Å². The van der Waals surface area contributed by atoms with Crippen LogP contribution in [0, 0.1) is 0 Å². The first-order valence-electron chi connectivity index (χ1n) is 6.54. The number of hydrogen-bond donors (Lipinski definition) is 0. The maximum absolute atomic E-state index is 12.8. The fraction of sp³-hybridized carbons (Fsp3) is 0.312. The Morgan fingerprint density at radius 1 is 1.32 bits per heavy atom. The summed E-state index contributed by atoms with van der Waals surface area (Å²) in [5.41, 5.74) is 2.16. The van der Waals surface area contributed by atoms with Crippen LogP contribution in [0.5, 0.6) is 0 Å². The second kappa shape index (κ2) is 5.51. The SMILES string of the molecule is CSc1ccccc1C(=O)C1CCCc2sccc21. The van der Waals surface area contributed by atoms with E-state index in [9.17, 15) is 4.79 Å². The molecule has 0 saturated carbocycles. The summed E-state index contributed by atoms with van der Waals surface area (Å²) in [4.78, 5) is 15.3. The number of fused-ring (bicyclic) bond motifs is 1. The average Bonchev–Trinajstić information content (AvgIpc) is 2.94. The quantitative estimate of drug-likeness (QED) is 0.597. The molecule has 1 aliphatic rings. The standard InChI is InChI=1S/C16H16OS2/c1-18-14-7-3-2-5-13(14)16(17)12-6-4-8-15-11(12)9-10-19-15/h2-3,5,7,9-10,12H,4,6,8H2,1H3. The summed E-state index contributed by atoms with van der Waals surface area (Å²) >= 11 is 3.45. The molecule has 0 amide bonds. The third kappa shape index (κ3) is 2.37. The van der Waals surface area contributed by atoms with Gasteiger partial charge in [0, 0.05) is 21.3 Å². The van der Waals surface area contributed by atoms with E-state index in [0.29, 0.717) is 5.78 Å². The maximum atomic E-state index is 12.8. The Kier molecular flexibility index (Phi) is 3.76. The zero-order chi connectivity index (χ0) is 13.2. The van der Waals surface area contributed by atoms with E-state index in [0.717, 1.165) is 29.7 Å². The van der Waals surface area contributed by atoms with E-state index >= 15 is 0 Å². The molecular weight excluding hydrogens is 272 g/mol. The molecule has 2 aromatic rings. The van der Waals surface area contributed by atoms with Gasteiger partial charge in [-0.05, 0) is 48.6 Å². The van der Waals surface area contributed by atoms with Crippen LogP contribution in [-0.4, -0.2) is 12.0 Å². The molecule has 1 unspecified atom stereocenters. The summed E-state index contributed by atoms with van der Waals surface area (Å²) in [5, 5.41) is 2.12. The molecule has 1 nitrogen and oxygen atoms in total. The Balaban J connectivity index is 1.98. The zero-order valence-electron chi connectivity index (χ0n) is 10.9. The number of hydrogen-bond acceptors (Lipinski definition) is 3. The molecule has 1 aromatic carbocycles. The van der Waals surface area contributed by atoms with Crippen molar-refractivity contribution in [3.8, 4) is 0 Å². The van der Waals surface area contributed by atoms with Crippen LogP contribution >= 0.6 is 23.1 Å². The van der Waals surface area contributed by atoms with Crippen LogP contribution in [0.3, 0.4) is 0 Å². The zero-order valence-corrected chi connectivity index (χ0v) is 12.5. The monoisotopic (exact) mass is 288 g/mol. The van der Waals surface area contributed by atoms with Gasteiger partial charge in [-0.25, -0.2) is 0 Å². The Morgan fingerprint density at radius 3 is 3.00 bits per heavy atom. The molecule has 0 aliphatic heterocycles. The lowest BCUT2D eigenvalue weighted by molar-refractivity contribution is 0.0948. The van der Waals surface area contributed by atoms with Crippen molar-refractivity contribution >= 4 is 28.9 Å². The third-order valence-electron chi connectivity index (χ3n) is 3.74. The van der Waals surface area contributed by atoms with Crippen molar-refractivity contribution in [2.45, 2.75) is 30.1 Å². The molecule has 1 atom stereocenters. The molecule has 0 spiro atoms. The van der Waals surface area contributed by atoms with E-state index in [1.54, 1.807) is 23.1 Å². The largest absolute Gasteiger partial charge is 0.293 e. The van der Waals surface area contributed by atoms with Gasteiger partial charge in [0.2, 0.25) is 0 Å². The molecule has 98 valence electrons. The highest BCUT2D eigenvalue weighted by atomic mass is 32.2. The lowest BCUT2D eigenvalue weighted by Gasteiger charge is -2.22. The molecule has 3 rings (SSSR count). The highest BCUT2D eigenvalue weighted by molar-refractivity contribution is 7.98. The van der Waals surface area contributed by atoms with Crippen LogP contribution in [0.15, 0.2) is 40.6 Å². The molecular formula is C16H16OS2. The molecule has 0 saturated heterocycles. The minimum absolute atomic E-state index is 0.0725. The fourth-order valence-corrected chi connectivity index (χ4v) is 4.39. The fourth-order valence-electron chi connectivity index (χ4n) is 2.79. The number of thiophene rings is 1. The Hall–Kier alpha value is -1.06. The number of aryl methyl sites for hydroxylation is 1. The van der Waals surface area contributed by atoms with E-state index in [1.807, 2.05) is 30.5 Å². The summed E-state index contributed by atoms with van der Waals surface area (Å²) in [6, 6.07) is 10.1. The normalized spacial score (nSPS) is 18.1. The third-order valence-corrected chi connectivity index (χ3v) is 5.53. The minimum atomic E-state index is 0.0725. The molecule has 19 heavy (non-hydrogen) atoms. The Morgan fingerprint density at radius 2 is 2.16 bits per heavy atom. The van der Waals surface area contributed by atoms with Gasteiger partial charge in [0.05, 0.1) is 0 Å². The average molecular weight is 288 g/mol. The maximum Gasteiger partial charge on any atom is 0.171 e. The van der Waals surface area contributed by atoms with Gasteiger partial charge >= 0.3 is 0 Å². The highest BCUT2D eigenvalue weighted by Crippen LogP contribution is 2.38. The van der Waals surface area contributed by atoms with Gasteiger partial charge in [0.15, 0.2) is 5.78 Å². The Labute approximate surface area is 122 Å². The van der Waals surface area contributed by atoms with Crippen molar-refractivity contribution in [1.29, 1.82) is 0 Å². The highest BCUT2D eigenvalue weighted by Gasteiger charge is 2.28. The van der Waals surface area contributed by atoms with Crippen molar-refractivity contribution in [2.75, 3.05) is 6.26 Å². The van der Waals surface area contributed by atoms with E-state index in [2.05, 4.69) is 11.4 Å². The number of carbonyl (C=O) groups is 1. The first-order chi connectivity index (χ1) is 9.31. The molecule has 0 bridgehead atoms. The molecule has 0 fully saturated rings. The molecule has 0 radical (unpaired) electrons. The lowest BCUT2D eigenvalue weighted by Crippen LogP contribution is -2.17. The molecule has 1 aliphatic carbocycles. The van der Waals surface area contributed by atoms with Gasteiger partial charge < -0.3 is 0 Å². The molecule has 1 heterocycles. The van der Waals surface area contributed by atoms with Crippen LogP contribution < -0.4 is 0 Å². The van der Waals surface area contributed by atoms with Crippen LogP contribution in [0.2, 0.25) is 0 Å². The summed E-state index contributed by atoms with van der Waals surface area (Å²) in [6.07, 6.45) is 5.29. The van der Waals surface area contributed by atoms with Crippen molar-refractivity contribution in [3.63, 3.8) is 0 Å². The van der Waals surface area contributed by atoms with Gasteiger partial charge in [-0.2, -0.15) is 0 Å². The predicted octanol–water partition coefficient (Wildman–Crippen LogP) is 4.77. The van der Waals surface area contributed by atoms with E-state index < -0.39 is 0 Å². The van der Waals surface area contributed by atoms with Gasteiger partial charge in [0.25, 0.3) is 0 Å². The van der Waals surface area contributed by atoms with Gasteiger partial charge in [-0.1, -0.05) is 18.2 Å². The number of ketones is 1. The van der Waals surface area contributed by atoms with E-state index in [4.69, 9.17) is 0 Å². The molecule has 3 heteroatoms. The summed E-state index contributed by atoms with van der Waals surface area (Å²) < 4.78 is 0. The van der Waals surface area contributed by atoms with E-state index in [1.165, 1.54) is 10.4 Å². The first-order valence-corrected chi connectivity index (χ1v) is 8.65. The summed E-state index contributed by atoms with van der Waals surface area (Å²) in [6.45, 7) is 0. The second-order valence-corrected chi connectivity index (χ2v) is 6.66. The van der Waals surface area contributed by atoms with Gasteiger partial charge in [0.1, 0.15) is 0 Å². The number of thioether (sulfide) groups is 1. The predicted molar refractivity (Wildman–Crippen MR) is 82.6 cm³/mol. The van der Waals surface area contributed by atoms with Crippen molar-refractivity contribution < 1.29 is 4.79 Å². The van der Waals surface area contributed by atoms with Crippen LogP contribution in [0.4, 0.5) is 0 Å². The number of carbonyl (C=O) groups excluding carboxylic acids is 1. The van der Waals surface area contributed by atoms with Crippen molar-refractivity contribution in [1.82, 2.24) is 0 Å². The van der Waals surface area contributed by atoms with Gasteiger partial charge in [-0.3, -0.25) is 4.79 Å². The summed E-state index contributed by atoms with van der Waals surface area (Å²) in [5.74, 6) is 0.368. The molecule has 0 N–H and O–H groups in total. The topological polar surface area (TPSA) is 17.1 Å². The summed E-state index contributed by atoms with van der Waals surface area (Å²) in [7, 11) is 0. The second-order valence-electron chi connectivity index (χ2n) is 4.81. The van der Waals surface area contributed by atoms with Gasteiger partial charge in [-0.15, -0.1) is 23.1 Å². The Bertz CT molecular complexity index is 600. The van der Waals surface area contributed by atoms with Crippen molar-refractivity contribution in [3.05, 3.63) is 51.7 Å². The minimum Gasteiger partial charge on any atom is -0.293 e. The smallest absolute Gasteiger partial charge is 0.171 e. The number of benzene rings is 1. The lowest BCUT2D eigenvalue weighted by atomic mass is 9.82. The molecule has 1 aromatic heterocycles. The van der Waals surface area contributed by atoms with Crippen LogP contribution in [-0.2, 0) is 6.42 Å². The van der Waals surface area contributed by atoms with Crippen LogP contribution in [0.25, 0.3) is 0 Å². The number of rotatable bonds is 3. The number of Topliss-reactive ketones (excluding diaryl/α,β-unsaturated/α-hetero) is 1. The van der Waals surface area contributed by atoms with E-state index in [-0.39, 0.29) is 5.92 Å².